The molecule has 1 N–H and O–H groups in total. The van der Waals surface area contributed by atoms with E-state index < -0.39 is 0 Å². The van der Waals surface area contributed by atoms with E-state index in [1.54, 1.807) is 0 Å². The molecule has 1 aromatic carbocycles. The predicted octanol–water partition coefficient (Wildman–Crippen LogP) is 3.77. The van der Waals surface area contributed by atoms with Gasteiger partial charge in [-0.3, -0.25) is 10.1 Å². The van der Waals surface area contributed by atoms with Crippen LogP contribution in [-0.4, -0.2) is 15.2 Å². The molecule has 3 aromatic rings. The molecule has 0 atom stereocenters. The molecule has 0 saturated heterocycles. The zero-order valence-electron chi connectivity index (χ0n) is 11.8. The second-order valence-electron chi connectivity index (χ2n) is 5.35. The lowest BCUT2D eigenvalue weighted by molar-refractivity contribution is 1.07. The van der Waals surface area contributed by atoms with E-state index >= 15 is 0 Å². The molecule has 1 aliphatic carbocycles. The fourth-order valence-electron chi connectivity index (χ4n) is 2.91. The van der Waals surface area contributed by atoms with Crippen molar-refractivity contribution in [2.24, 2.45) is 0 Å². The highest BCUT2D eigenvalue weighted by Crippen LogP contribution is 2.35. The lowest BCUT2D eigenvalue weighted by Gasteiger charge is -2.07. The van der Waals surface area contributed by atoms with E-state index in [4.69, 9.17) is 0 Å². The van der Waals surface area contributed by atoms with E-state index in [1.807, 2.05) is 18.5 Å². The van der Waals surface area contributed by atoms with Gasteiger partial charge in [-0.05, 0) is 18.6 Å². The Morgan fingerprint density at radius 2 is 2.05 bits per heavy atom. The minimum atomic E-state index is 0.887. The van der Waals surface area contributed by atoms with Gasteiger partial charge in [0.15, 0.2) is 0 Å². The number of rotatable bonds is 2. The smallest absolute Gasteiger partial charge is 0.0732 e. The molecule has 102 valence electrons. The first-order valence-corrected chi connectivity index (χ1v) is 7.08. The zero-order chi connectivity index (χ0) is 14.2. The van der Waals surface area contributed by atoms with Crippen molar-refractivity contribution < 1.29 is 0 Å². The fraction of sp³-hybridized carbons (Fsp3) is 0.111. The monoisotopic (exact) mass is 273 g/mol. The molecule has 4 rings (SSSR count). The van der Waals surface area contributed by atoms with E-state index in [-0.39, 0.29) is 0 Å². The highest BCUT2D eigenvalue weighted by Gasteiger charge is 2.20. The maximum Gasteiger partial charge on any atom is 0.0732 e. The van der Waals surface area contributed by atoms with Crippen LogP contribution in [-0.2, 0) is 6.42 Å². The molecule has 0 unspecified atom stereocenters. The molecule has 0 bridgehead atoms. The van der Waals surface area contributed by atoms with Gasteiger partial charge in [0.25, 0.3) is 0 Å². The van der Waals surface area contributed by atoms with E-state index in [0.29, 0.717) is 0 Å². The SMILES string of the molecule is Cc1cccc(-c2cn[nH]c2C2=CCc3ncccc32)c1. The number of nitrogens with one attached hydrogen (secondary N) is 1. The van der Waals surface area contributed by atoms with E-state index in [2.05, 4.69) is 58.5 Å². The van der Waals surface area contributed by atoms with Gasteiger partial charge in [0.2, 0.25) is 0 Å². The second kappa shape index (κ2) is 4.70. The van der Waals surface area contributed by atoms with Gasteiger partial charge < -0.3 is 0 Å². The molecule has 1 aliphatic rings. The molecular weight excluding hydrogens is 258 g/mol. The Hall–Kier alpha value is -2.68. The van der Waals surface area contributed by atoms with Gasteiger partial charge in [-0.15, -0.1) is 0 Å². The van der Waals surface area contributed by atoms with Gasteiger partial charge >= 0.3 is 0 Å². The number of pyridine rings is 1. The van der Waals surface area contributed by atoms with Gasteiger partial charge in [0.1, 0.15) is 0 Å². The van der Waals surface area contributed by atoms with Crippen LogP contribution in [0.15, 0.2) is 54.9 Å². The third kappa shape index (κ3) is 1.98. The average Bonchev–Trinajstić information content (AvgIpc) is 3.13. The number of hydrogen-bond acceptors (Lipinski definition) is 2. The van der Waals surface area contributed by atoms with E-state index in [0.717, 1.165) is 23.4 Å². The first-order chi connectivity index (χ1) is 10.3. The van der Waals surface area contributed by atoms with Gasteiger partial charge in [-0.1, -0.05) is 42.0 Å². The van der Waals surface area contributed by atoms with Gasteiger partial charge in [0, 0.05) is 29.3 Å². The third-order valence-corrected chi connectivity index (χ3v) is 3.92. The lowest BCUT2D eigenvalue weighted by atomic mass is 9.98. The molecule has 0 saturated carbocycles. The van der Waals surface area contributed by atoms with Crippen LogP contribution in [0.5, 0.6) is 0 Å². The molecule has 0 aliphatic heterocycles. The summed E-state index contributed by atoms with van der Waals surface area (Å²) in [4.78, 5) is 4.45. The summed E-state index contributed by atoms with van der Waals surface area (Å²) in [6, 6.07) is 12.6. The molecule has 3 heteroatoms. The summed E-state index contributed by atoms with van der Waals surface area (Å²) in [5.74, 6) is 0. The molecule has 3 nitrogen and oxygen atoms in total. The van der Waals surface area contributed by atoms with Crippen molar-refractivity contribution in [1.29, 1.82) is 0 Å². The maximum atomic E-state index is 4.45. The van der Waals surface area contributed by atoms with Crippen LogP contribution in [0.1, 0.15) is 22.5 Å². The summed E-state index contributed by atoms with van der Waals surface area (Å²) >= 11 is 0. The Labute approximate surface area is 123 Å². The number of allylic oxidation sites excluding steroid dienone is 1. The maximum absolute atomic E-state index is 4.45. The molecule has 2 heterocycles. The second-order valence-corrected chi connectivity index (χ2v) is 5.35. The van der Waals surface area contributed by atoms with Crippen molar-refractivity contribution in [2.45, 2.75) is 13.3 Å². The summed E-state index contributed by atoms with van der Waals surface area (Å²) in [7, 11) is 0. The number of aromatic amines is 1. The number of aryl methyl sites for hydroxylation is 1. The van der Waals surface area contributed by atoms with Crippen LogP contribution in [0, 0.1) is 6.92 Å². The minimum Gasteiger partial charge on any atom is -0.277 e. The fourth-order valence-corrected chi connectivity index (χ4v) is 2.91. The molecule has 0 fully saturated rings. The van der Waals surface area contributed by atoms with Crippen LogP contribution in [0.25, 0.3) is 16.7 Å². The van der Waals surface area contributed by atoms with Gasteiger partial charge in [-0.25, -0.2) is 0 Å². The Bertz CT molecular complexity index is 843. The van der Waals surface area contributed by atoms with Crippen LogP contribution >= 0.6 is 0 Å². The summed E-state index contributed by atoms with van der Waals surface area (Å²) < 4.78 is 0. The van der Waals surface area contributed by atoms with Crippen molar-refractivity contribution >= 4 is 5.57 Å². The Morgan fingerprint density at radius 1 is 1.10 bits per heavy atom. The molecule has 0 spiro atoms. The minimum absolute atomic E-state index is 0.887. The van der Waals surface area contributed by atoms with Crippen LogP contribution < -0.4 is 0 Å². The molecule has 0 amide bonds. The lowest BCUT2D eigenvalue weighted by Crippen LogP contribution is -1.92. The van der Waals surface area contributed by atoms with Crippen LogP contribution in [0.2, 0.25) is 0 Å². The number of nitrogens with zero attached hydrogens (tertiary/aromatic N) is 2. The topological polar surface area (TPSA) is 41.6 Å². The molecular formula is C18H15N3. The van der Waals surface area contributed by atoms with E-state index in [9.17, 15) is 0 Å². The average molecular weight is 273 g/mol. The van der Waals surface area contributed by atoms with Crippen molar-refractivity contribution in [2.75, 3.05) is 0 Å². The van der Waals surface area contributed by atoms with Crippen LogP contribution in [0.3, 0.4) is 0 Å². The third-order valence-electron chi connectivity index (χ3n) is 3.92. The zero-order valence-corrected chi connectivity index (χ0v) is 11.8. The van der Waals surface area contributed by atoms with Gasteiger partial charge in [0.05, 0.1) is 17.6 Å². The van der Waals surface area contributed by atoms with Crippen molar-refractivity contribution in [3.05, 3.63) is 77.4 Å². The Balaban J connectivity index is 1.84. The van der Waals surface area contributed by atoms with E-state index in [1.165, 1.54) is 22.3 Å². The molecule has 2 aromatic heterocycles. The molecule has 21 heavy (non-hydrogen) atoms. The Kier molecular flexibility index (Phi) is 2.71. The number of fused-ring (bicyclic) bond motifs is 1. The highest BCUT2D eigenvalue weighted by molar-refractivity contribution is 5.89. The Morgan fingerprint density at radius 3 is 2.95 bits per heavy atom. The summed E-state index contributed by atoms with van der Waals surface area (Å²) in [6.45, 7) is 2.11. The first kappa shape index (κ1) is 12.1. The van der Waals surface area contributed by atoms with Crippen molar-refractivity contribution in [1.82, 2.24) is 15.2 Å². The predicted molar refractivity (Wildman–Crippen MR) is 83.8 cm³/mol. The highest BCUT2D eigenvalue weighted by atomic mass is 15.1. The quantitative estimate of drug-likeness (QED) is 0.772. The number of hydrogen-bond donors (Lipinski definition) is 1. The number of aromatic nitrogens is 3. The summed E-state index contributed by atoms with van der Waals surface area (Å²) in [6.07, 6.45) is 6.87. The molecule has 0 radical (unpaired) electrons. The normalized spacial score (nSPS) is 13.1. The summed E-state index contributed by atoms with van der Waals surface area (Å²) in [5, 5.41) is 7.42. The van der Waals surface area contributed by atoms with Crippen molar-refractivity contribution in [3.8, 4) is 11.1 Å². The van der Waals surface area contributed by atoms with Crippen molar-refractivity contribution in [3.63, 3.8) is 0 Å². The van der Waals surface area contributed by atoms with Crippen LogP contribution in [0.4, 0.5) is 0 Å². The largest absolute Gasteiger partial charge is 0.277 e. The number of benzene rings is 1. The van der Waals surface area contributed by atoms with Gasteiger partial charge in [-0.2, -0.15) is 5.10 Å². The number of H-pyrrole nitrogens is 1. The summed E-state index contributed by atoms with van der Waals surface area (Å²) in [5.41, 5.74) is 8.20. The standard InChI is InChI=1S/C18H15N3/c1-12-4-2-5-13(10-12)16-11-20-21-18(16)15-7-8-17-14(15)6-3-9-19-17/h2-7,9-11H,8H2,1H3,(H,20,21). The first-order valence-electron chi connectivity index (χ1n) is 7.08.